The lowest BCUT2D eigenvalue weighted by atomic mass is 9.89. The van der Waals surface area contributed by atoms with Crippen LogP contribution in [0, 0.1) is 0 Å². The highest BCUT2D eigenvalue weighted by atomic mass is 32.2. The Morgan fingerprint density at radius 1 is 0.340 bits per heavy atom. The molecule has 0 saturated carbocycles. The summed E-state index contributed by atoms with van der Waals surface area (Å²) < 4.78 is 2.45. The molecule has 50 heavy (non-hydrogen) atoms. The maximum atomic E-state index is 2.45. The van der Waals surface area contributed by atoms with Crippen molar-refractivity contribution in [3.63, 3.8) is 0 Å². The molecule has 232 valence electrons. The Kier molecular flexibility index (Phi) is 5.96. The van der Waals surface area contributed by atoms with Crippen LogP contribution < -0.4 is 0 Å². The molecule has 0 amide bonds. The van der Waals surface area contributed by atoms with Crippen LogP contribution >= 0.6 is 11.8 Å². The van der Waals surface area contributed by atoms with Gasteiger partial charge in [0.15, 0.2) is 0 Å². The van der Waals surface area contributed by atoms with Crippen molar-refractivity contribution in [1.82, 2.24) is 4.57 Å². The normalized spacial score (nSPS) is 12.3. The predicted molar refractivity (Wildman–Crippen MR) is 214 cm³/mol. The highest BCUT2D eigenvalue weighted by Gasteiger charge is 2.21. The van der Waals surface area contributed by atoms with Gasteiger partial charge in [0.25, 0.3) is 0 Å². The van der Waals surface area contributed by atoms with Crippen LogP contribution in [-0.2, 0) is 0 Å². The van der Waals surface area contributed by atoms with E-state index in [0.717, 1.165) is 5.69 Å². The van der Waals surface area contributed by atoms with Crippen molar-refractivity contribution in [1.29, 1.82) is 0 Å². The minimum absolute atomic E-state index is 1.16. The van der Waals surface area contributed by atoms with Crippen LogP contribution in [0.4, 0.5) is 0 Å². The van der Waals surface area contributed by atoms with Crippen molar-refractivity contribution in [2.45, 2.75) is 9.79 Å². The minimum atomic E-state index is 1.16. The summed E-state index contributed by atoms with van der Waals surface area (Å²) in [6, 6.07) is 65.0. The molecular weight excluding hydrogens is 623 g/mol. The van der Waals surface area contributed by atoms with Crippen molar-refractivity contribution in [3.8, 4) is 39.1 Å². The van der Waals surface area contributed by atoms with E-state index in [1.54, 1.807) is 0 Å². The van der Waals surface area contributed by atoms with Crippen molar-refractivity contribution in [2.75, 3.05) is 0 Å². The monoisotopic (exact) mass is 651 g/mol. The van der Waals surface area contributed by atoms with Crippen LogP contribution in [-0.4, -0.2) is 4.57 Å². The lowest BCUT2D eigenvalue weighted by molar-refractivity contribution is 1.18. The fourth-order valence-corrected chi connectivity index (χ4v) is 9.37. The first kappa shape index (κ1) is 27.8. The van der Waals surface area contributed by atoms with Gasteiger partial charge >= 0.3 is 0 Å². The second-order valence-electron chi connectivity index (χ2n) is 13.3. The van der Waals surface area contributed by atoms with Gasteiger partial charge in [-0.3, -0.25) is 0 Å². The Bertz CT molecular complexity index is 2910. The number of benzene rings is 9. The Labute approximate surface area is 294 Å². The number of rotatable bonds is 3. The quantitative estimate of drug-likeness (QED) is 0.184. The first-order valence-corrected chi connectivity index (χ1v) is 18.0. The number of fused-ring (bicyclic) bond motifs is 7. The van der Waals surface area contributed by atoms with Gasteiger partial charge in [0.2, 0.25) is 0 Å². The Morgan fingerprint density at radius 2 is 0.900 bits per heavy atom. The summed E-state index contributed by atoms with van der Waals surface area (Å²) in [5, 5.41) is 10.2. The van der Waals surface area contributed by atoms with Crippen LogP contribution in [0.15, 0.2) is 186 Å². The van der Waals surface area contributed by atoms with Gasteiger partial charge in [0, 0.05) is 31.6 Å². The largest absolute Gasteiger partial charge is 0.309 e. The van der Waals surface area contributed by atoms with E-state index in [9.17, 15) is 0 Å². The van der Waals surface area contributed by atoms with E-state index in [0.29, 0.717) is 0 Å². The lowest BCUT2D eigenvalue weighted by Gasteiger charge is -2.22. The van der Waals surface area contributed by atoms with Crippen LogP contribution in [0.5, 0.6) is 0 Å². The van der Waals surface area contributed by atoms with Gasteiger partial charge in [-0.15, -0.1) is 0 Å². The van der Waals surface area contributed by atoms with Gasteiger partial charge in [0.05, 0.1) is 11.0 Å². The molecule has 11 rings (SSSR count). The molecule has 0 unspecified atom stereocenters. The predicted octanol–water partition coefficient (Wildman–Crippen LogP) is 13.7. The number of hydrogen-bond acceptors (Lipinski definition) is 1. The third-order valence-corrected chi connectivity index (χ3v) is 11.7. The zero-order valence-electron chi connectivity index (χ0n) is 27.1. The molecule has 0 bridgehead atoms. The van der Waals surface area contributed by atoms with E-state index < -0.39 is 0 Å². The fourth-order valence-electron chi connectivity index (χ4n) is 8.24. The third kappa shape index (κ3) is 4.09. The zero-order chi connectivity index (χ0) is 32.8. The molecule has 0 radical (unpaired) electrons. The summed E-state index contributed by atoms with van der Waals surface area (Å²) in [4.78, 5) is 2.65. The summed E-state index contributed by atoms with van der Waals surface area (Å²) in [7, 11) is 0. The van der Waals surface area contributed by atoms with Crippen LogP contribution in [0.3, 0.4) is 0 Å². The third-order valence-electron chi connectivity index (χ3n) is 10.6. The van der Waals surface area contributed by atoms with Gasteiger partial charge in [-0.05, 0) is 109 Å². The number of hydrogen-bond donors (Lipinski definition) is 0. The first-order chi connectivity index (χ1) is 24.8. The molecule has 0 aliphatic carbocycles. The molecule has 1 nitrogen and oxygen atoms in total. The highest BCUT2D eigenvalue weighted by molar-refractivity contribution is 7.99. The smallest absolute Gasteiger partial charge is 0.0547 e. The molecule has 0 N–H and O–H groups in total. The first-order valence-electron chi connectivity index (χ1n) is 17.2. The average molecular weight is 652 g/mol. The standard InChI is InChI=1S/C48H29NS/c1-3-12-33-28-44-42(26-31(33)10-1)43-27-32-11-2-4-13-34(32)29-45(43)49(44)35-22-20-30(21-23-35)36-14-5-6-15-37(36)38-24-25-47-48-40(38)17-9-18-41(48)39-16-7-8-19-46(39)50-47/h1-29H. The average Bonchev–Trinajstić information content (AvgIpc) is 3.48. The van der Waals surface area contributed by atoms with Crippen LogP contribution in [0.1, 0.15) is 0 Å². The van der Waals surface area contributed by atoms with E-state index in [1.165, 1.54) is 97.3 Å². The lowest BCUT2D eigenvalue weighted by Crippen LogP contribution is -1.95. The van der Waals surface area contributed by atoms with Crippen molar-refractivity contribution in [2.24, 2.45) is 0 Å². The van der Waals surface area contributed by atoms with E-state index in [1.807, 2.05) is 11.8 Å². The van der Waals surface area contributed by atoms with Gasteiger partial charge in [-0.25, -0.2) is 0 Å². The molecule has 1 aromatic heterocycles. The summed E-state index contributed by atoms with van der Waals surface area (Å²) in [6.07, 6.45) is 0. The molecular formula is C48H29NS. The van der Waals surface area contributed by atoms with Crippen molar-refractivity contribution >= 4 is 65.9 Å². The molecule has 9 aromatic carbocycles. The highest BCUT2D eigenvalue weighted by Crippen LogP contribution is 2.50. The summed E-state index contributed by atoms with van der Waals surface area (Å²) in [5.74, 6) is 0. The van der Waals surface area contributed by atoms with E-state index in [2.05, 4.69) is 180 Å². The molecule has 1 aliphatic rings. The molecule has 0 saturated heterocycles. The van der Waals surface area contributed by atoms with Gasteiger partial charge in [0.1, 0.15) is 0 Å². The molecule has 0 spiro atoms. The second kappa shape index (κ2) is 10.7. The molecule has 10 aromatic rings. The van der Waals surface area contributed by atoms with Gasteiger partial charge in [-0.2, -0.15) is 0 Å². The summed E-state index contributed by atoms with van der Waals surface area (Å²) >= 11 is 1.88. The Morgan fingerprint density at radius 3 is 1.58 bits per heavy atom. The molecule has 1 aliphatic heterocycles. The van der Waals surface area contributed by atoms with Crippen molar-refractivity contribution < 1.29 is 0 Å². The number of aromatic nitrogens is 1. The minimum Gasteiger partial charge on any atom is -0.309 e. The molecule has 2 heteroatoms. The van der Waals surface area contributed by atoms with Crippen LogP contribution in [0.25, 0.3) is 93.2 Å². The van der Waals surface area contributed by atoms with Gasteiger partial charge in [-0.1, -0.05) is 139 Å². The maximum absolute atomic E-state index is 2.45. The van der Waals surface area contributed by atoms with E-state index in [-0.39, 0.29) is 0 Å². The van der Waals surface area contributed by atoms with Gasteiger partial charge < -0.3 is 4.57 Å². The van der Waals surface area contributed by atoms with Crippen molar-refractivity contribution in [3.05, 3.63) is 176 Å². The SMILES string of the molecule is c1ccc2c(c1)Sc1ccc(-c3ccccc3-c3ccc(-n4c5cc6ccccc6cc5c5cc6ccccc6cc54)cc3)c3cccc-2c13. The second-order valence-corrected chi connectivity index (χ2v) is 14.4. The maximum Gasteiger partial charge on any atom is 0.0547 e. The van der Waals surface area contributed by atoms with Crippen LogP contribution in [0.2, 0.25) is 0 Å². The molecule has 0 fully saturated rings. The summed E-state index contributed by atoms with van der Waals surface area (Å²) in [6.45, 7) is 0. The Balaban J connectivity index is 1.08. The van der Waals surface area contributed by atoms with E-state index in [4.69, 9.17) is 0 Å². The molecule has 2 heterocycles. The van der Waals surface area contributed by atoms with E-state index >= 15 is 0 Å². The zero-order valence-corrected chi connectivity index (χ0v) is 27.9. The molecule has 0 atom stereocenters. The Hall–Kier alpha value is -6.09. The fraction of sp³-hybridized carbons (Fsp3) is 0. The summed E-state index contributed by atoms with van der Waals surface area (Å²) in [5.41, 5.74) is 11.2. The topological polar surface area (TPSA) is 4.93 Å². The number of nitrogens with zero attached hydrogens (tertiary/aromatic N) is 1.